The van der Waals surface area contributed by atoms with Crippen molar-refractivity contribution in [2.75, 3.05) is 0 Å². The maximum atomic E-state index is 4.98. The molecule has 0 aliphatic rings. The smallest absolute Gasteiger partial charge is 0.216 e. The lowest BCUT2D eigenvalue weighted by atomic mass is 10.2. The monoisotopic (exact) mass is 236 g/mol. The van der Waals surface area contributed by atoms with Crippen molar-refractivity contribution in [3.8, 4) is 0 Å². The van der Waals surface area contributed by atoms with Gasteiger partial charge >= 0.3 is 0 Å². The predicted molar refractivity (Wildman–Crippen MR) is 63.1 cm³/mol. The Morgan fingerprint density at radius 3 is 2.75 bits per heavy atom. The van der Waals surface area contributed by atoms with Crippen LogP contribution < -0.4 is 0 Å². The molecule has 0 saturated heterocycles. The highest BCUT2D eigenvalue weighted by Gasteiger charge is 2.06. The van der Waals surface area contributed by atoms with E-state index in [1.165, 1.54) is 11.0 Å². The molecule has 0 amide bonds. The third kappa shape index (κ3) is 1.81. The molecule has 0 aromatic carbocycles. The first kappa shape index (κ1) is 10.7. The maximum Gasteiger partial charge on any atom is 0.216 e. The Morgan fingerprint density at radius 2 is 2.25 bits per heavy atom. The molecule has 0 spiro atoms. The maximum absolute atomic E-state index is 4.98. The summed E-state index contributed by atoms with van der Waals surface area (Å²) in [5.41, 5.74) is 3.01. The van der Waals surface area contributed by atoms with Gasteiger partial charge in [0.15, 0.2) is 0 Å². The predicted octanol–water partition coefficient (Wildman–Crippen LogP) is 1.17. The zero-order valence-electron chi connectivity index (χ0n) is 9.30. The van der Waals surface area contributed by atoms with Crippen molar-refractivity contribution < 1.29 is 0 Å². The van der Waals surface area contributed by atoms with Gasteiger partial charge < -0.3 is 0 Å². The molecule has 1 N–H and O–H groups in total. The van der Waals surface area contributed by atoms with Crippen LogP contribution in [-0.2, 0) is 7.05 Å². The van der Waals surface area contributed by atoms with E-state index in [-0.39, 0.29) is 0 Å². The third-order valence-electron chi connectivity index (χ3n) is 2.41. The first-order valence-corrected chi connectivity index (χ1v) is 5.17. The lowest BCUT2D eigenvalue weighted by Gasteiger charge is -1.94. The van der Waals surface area contributed by atoms with Gasteiger partial charge in [-0.2, -0.15) is 20.0 Å². The van der Waals surface area contributed by atoms with Crippen LogP contribution in [-0.4, -0.2) is 30.9 Å². The third-order valence-corrected chi connectivity index (χ3v) is 2.69. The Hall–Kier alpha value is -1.76. The summed E-state index contributed by atoms with van der Waals surface area (Å²) >= 11 is 4.98. The van der Waals surface area contributed by atoms with Crippen LogP contribution in [0.3, 0.4) is 0 Å². The number of aromatic amines is 1. The van der Waals surface area contributed by atoms with E-state index in [1.54, 1.807) is 6.21 Å². The standard InChI is InChI=1S/C9H12N6S/c1-6-8(7(2)14(3)13-6)4-11-15-5-10-12-9(15)16/h4-5H,1-3H3,(H,12,16)/b11-4+. The molecule has 0 bridgehead atoms. The number of H-pyrrole nitrogens is 1. The molecular weight excluding hydrogens is 224 g/mol. The van der Waals surface area contributed by atoms with E-state index >= 15 is 0 Å². The van der Waals surface area contributed by atoms with Crippen molar-refractivity contribution in [3.05, 3.63) is 28.0 Å². The number of hydrogen-bond acceptors (Lipinski definition) is 4. The molecule has 0 atom stereocenters. The zero-order chi connectivity index (χ0) is 11.7. The van der Waals surface area contributed by atoms with Gasteiger partial charge in [-0.3, -0.25) is 9.78 Å². The molecule has 0 unspecified atom stereocenters. The van der Waals surface area contributed by atoms with Crippen LogP contribution in [0.2, 0.25) is 0 Å². The lowest BCUT2D eigenvalue weighted by Crippen LogP contribution is -1.94. The Labute approximate surface area is 97.6 Å². The fraction of sp³-hybridized carbons (Fsp3) is 0.333. The molecule has 0 aliphatic carbocycles. The molecule has 16 heavy (non-hydrogen) atoms. The van der Waals surface area contributed by atoms with Crippen LogP contribution >= 0.6 is 12.2 Å². The van der Waals surface area contributed by atoms with Gasteiger partial charge in [0.05, 0.1) is 11.9 Å². The van der Waals surface area contributed by atoms with Crippen molar-refractivity contribution in [1.82, 2.24) is 24.7 Å². The SMILES string of the molecule is Cc1nn(C)c(C)c1/C=N/n1cn[nH]c1=S. The summed E-state index contributed by atoms with van der Waals surface area (Å²) < 4.78 is 3.79. The van der Waals surface area contributed by atoms with Crippen LogP contribution in [0.25, 0.3) is 0 Å². The molecule has 2 rings (SSSR count). The summed E-state index contributed by atoms with van der Waals surface area (Å²) in [6.07, 6.45) is 3.27. The first-order chi connectivity index (χ1) is 7.59. The van der Waals surface area contributed by atoms with Gasteiger partial charge in [0, 0.05) is 18.3 Å². The van der Waals surface area contributed by atoms with Crippen molar-refractivity contribution in [1.29, 1.82) is 0 Å². The van der Waals surface area contributed by atoms with Crippen LogP contribution in [0, 0.1) is 18.6 Å². The highest BCUT2D eigenvalue weighted by atomic mass is 32.1. The number of nitrogens with one attached hydrogen (secondary N) is 1. The minimum atomic E-state index is 0.468. The topological polar surface area (TPSA) is 63.8 Å². The molecule has 2 aromatic rings. The van der Waals surface area contributed by atoms with Crippen LogP contribution in [0.4, 0.5) is 0 Å². The minimum absolute atomic E-state index is 0.468. The molecule has 0 saturated carbocycles. The lowest BCUT2D eigenvalue weighted by molar-refractivity contribution is 0.731. The van der Waals surface area contributed by atoms with E-state index in [0.29, 0.717) is 4.77 Å². The number of rotatable bonds is 2. The number of nitrogens with zero attached hydrogens (tertiary/aromatic N) is 5. The molecule has 0 fully saturated rings. The molecule has 2 heterocycles. The van der Waals surface area contributed by atoms with Crippen LogP contribution in [0.15, 0.2) is 11.4 Å². The summed E-state index contributed by atoms with van der Waals surface area (Å²) in [5.74, 6) is 0. The van der Waals surface area contributed by atoms with Gasteiger partial charge in [-0.05, 0) is 26.1 Å². The quantitative estimate of drug-likeness (QED) is 0.629. The second-order valence-electron chi connectivity index (χ2n) is 3.46. The Balaban J connectivity index is 2.38. The van der Waals surface area contributed by atoms with Gasteiger partial charge in [0.1, 0.15) is 6.33 Å². The fourth-order valence-electron chi connectivity index (χ4n) is 1.42. The summed E-state index contributed by atoms with van der Waals surface area (Å²) in [5, 5.41) is 14.9. The van der Waals surface area contributed by atoms with Crippen molar-refractivity contribution in [2.24, 2.45) is 12.1 Å². The van der Waals surface area contributed by atoms with Crippen molar-refractivity contribution in [2.45, 2.75) is 13.8 Å². The molecule has 0 aliphatic heterocycles. The zero-order valence-corrected chi connectivity index (χ0v) is 10.1. The van der Waals surface area contributed by atoms with Gasteiger partial charge in [-0.15, -0.1) is 0 Å². The van der Waals surface area contributed by atoms with Gasteiger partial charge in [0.25, 0.3) is 0 Å². The van der Waals surface area contributed by atoms with Crippen LogP contribution in [0.5, 0.6) is 0 Å². The first-order valence-electron chi connectivity index (χ1n) is 4.76. The summed E-state index contributed by atoms with van der Waals surface area (Å²) in [4.78, 5) is 0. The van der Waals surface area contributed by atoms with Gasteiger partial charge in [-0.1, -0.05) is 0 Å². The molecular formula is C9H12N6S. The van der Waals surface area contributed by atoms with E-state index in [2.05, 4.69) is 20.4 Å². The van der Waals surface area contributed by atoms with Crippen molar-refractivity contribution >= 4 is 18.4 Å². The molecule has 6 nitrogen and oxygen atoms in total. The Morgan fingerprint density at radius 1 is 1.50 bits per heavy atom. The van der Waals surface area contributed by atoms with Crippen molar-refractivity contribution in [3.63, 3.8) is 0 Å². The molecule has 7 heteroatoms. The van der Waals surface area contributed by atoms with Gasteiger partial charge in [0.2, 0.25) is 4.77 Å². The van der Waals surface area contributed by atoms with E-state index in [9.17, 15) is 0 Å². The normalized spacial score (nSPS) is 11.4. The van der Waals surface area contributed by atoms with Gasteiger partial charge in [-0.25, -0.2) is 0 Å². The van der Waals surface area contributed by atoms with E-state index < -0.39 is 0 Å². The molecule has 84 valence electrons. The number of aromatic nitrogens is 5. The highest BCUT2D eigenvalue weighted by Crippen LogP contribution is 2.08. The Kier molecular flexibility index (Phi) is 2.69. The number of hydrogen-bond donors (Lipinski definition) is 1. The minimum Gasteiger partial charge on any atom is -0.272 e. The fourth-order valence-corrected chi connectivity index (χ4v) is 1.57. The largest absolute Gasteiger partial charge is 0.272 e. The van der Waals surface area contributed by atoms with E-state index in [0.717, 1.165) is 17.0 Å². The average molecular weight is 236 g/mol. The van der Waals surface area contributed by atoms with E-state index in [4.69, 9.17) is 12.2 Å². The Bertz CT molecular complexity index is 587. The molecule has 2 aromatic heterocycles. The number of aryl methyl sites for hydroxylation is 2. The summed E-state index contributed by atoms with van der Waals surface area (Å²) in [6, 6.07) is 0. The second kappa shape index (κ2) is 4.01. The summed E-state index contributed by atoms with van der Waals surface area (Å²) in [7, 11) is 1.91. The summed E-state index contributed by atoms with van der Waals surface area (Å²) in [6.45, 7) is 3.94. The average Bonchev–Trinajstić information content (AvgIpc) is 2.72. The highest BCUT2D eigenvalue weighted by molar-refractivity contribution is 7.71. The molecule has 0 radical (unpaired) electrons. The van der Waals surface area contributed by atoms with Crippen LogP contribution in [0.1, 0.15) is 17.0 Å². The second-order valence-corrected chi connectivity index (χ2v) is 3.85. The van der Waals surface area contributed by atoms with E-state index in [1.807, 2.05) is 25.6 Å².